The lowest BCUT2D eigenvalue weighted by Crippen LogP contribution is -2.04. The summed E-state index contributed by atoms with van der Waals surface area (Å²) in [7, 11) is 3.31. The van der Waals surface area contributed by atoms with Crippen LogP contribution >= 0.6 is 0 Å². The Morgan fingerprint density at radius 2 is 1.64 bits per heavy atom. The van der Waals surface area contributed by atoms with Crippen LogP contribution in [0.3, 0.4) is 0 Å². The third-order valence-electron chi connectivity index (χ3n) is 4.77. The van der Waals surface area contributed by atoms with Gasteiger partial charge >= 0.3 is 5.97 Å². The number of hydrogen-bond donors (Lipinski definition) is 1. The number of carbonyl (C=O) groups is 1. The molecule has 2 bridgehead atoms. The highest BCUT2D eigenvalue weighted by Crippen LogP contribution is 2.58. The first-order valence-electron chi connectivity index (χ1n) is 7.28. The Labute approximate surface area is 128 Å². The molecule has 0 saturated carbocycles. The van der Waals surface area contributed by atoms with E-state index in [2.05, 4.69) is 12.2 Å². The normalized spacial score (nSPS) is 21.2. The summed E-state index contributed by atoms with van der Waals surface area (Å²) in [4.78, 5) is 11.3. The molecule has 4 nitrogen and oxygen atoms in total. The topological polar surface area (TPSA) is 55.8 Å². The lowest BCUT2D eigenvalue weighted by Gasteiger charge is -2.21. The summed E-state index contributed by atoms with van der Waals surface area (Å²) >= 11 is 0. The van der Waals surface area contributed by atoms with Crippen molar-refractivity contribution >= 4 is 16.7 Å². The molecule has 2 unspecified atom stereocenters. The maximum absolute atomic E-state index is 11.3. The van der Waals surface area contributed by atoms with Gasteiger partial charge in [-0.15, -0.1) is 0 Å². The molecule has 4 heteroatoms. The van der Waals surface area contributed by atoms with E-state index in [0.29, 0.717) is 11.8 Å². The van der Waals surface area contributed by atoms with Crippen molar-refractivity contribution in [3.05, 3.63) is 47.0 Å². The first-order chi connectivity index (χ1) is 10.7. The second-order valence-corrected chi connectivity index (χ2v) is 5.79. The summed E-state index contributed by atoms with van der Waals surface area (Å²) in [6.45, 7) is 0. The van der Waals surface area contributed by atoms with E-state index in [1.54, 1.807) is 26.4 Å². The van der Waals surface area contributed by atoms with Crippen LogP contribution in [0, 0.1) is 0 Å². The van der Waals surface area contributed by atoms with E-state index in [-0.39, 0.29) is 5.56 Å². The third-order valence-corrected chi connectivity index (χ3v) is 4.77. The highest BCUT2D eigenvalue weighted by atomic mass is 16.5. The van der Waals surface area contributed by atoms with Crippen LogP contribution in [0.4, 0.5) is 0 Å². The monoisotopic (exact) mass is 296 g/mol. The Kier molecular flexibility index (Phi) is 2.70. The largest absolute Gasteiger partial charge is 0.496 e. The maximum Gasteiger partial charge on any atom is 0.335 e. The average molecular weight is 296 g/mol. The van der Waals surface area contributed by atoms with Crippen LogP contribution in [0.25, 0.3) is 10.8 Å². The lowest BCUT2D eigenvalue weighted by molar-refractivity contribution is 0.0697. The molecule has 2 aromatic carbocycles. The van der Waals surface area contributed by atoms with Crippen molar-refractivity contribution < 1.29 is 19.4 Å². The molecule has 2 aliphatic carbocycles. The Balaban J connectivity index is 2.13. The molecule has 112 valence electrons. The van der Waals surface area contributed by atoms with Gasteiger partial charge in [-0.3, -0.25) is 0 Å². The van der Waals surface area contributed by atoms with Gasteiger partial charge < -0.3 is 14.6 Å². The summed E-state index contributed by atoms with van der Waals surface area (Å²) < 4.78 is 11.4. The highest BCUT2D eigenvalue weighted by molar-refractivity contribution is 6.01. The van der Waals surface area contributed by atoms with E-state index in [1.165, 1.54) is 5.56 Å². The number of carboxylic acids is 1. The van der Waals surface area contributed by atoms with Crippen molar-refractivity contribution in [3.63, 3.8) is 0 Å². The molecule has 0 spiro atoms. The standard InChI is InChI=1S/C18H16O4/c1-21-16-12-6-5-11(18(19)20)8-13(12)17(22-2)15-10-4-3-9(7-10)14(15)16/h3-6,8-10H,7H2,1-2H3,(H,19,20). The second kappa shape index (κ2) is 4.50. The fourth-order valence-electron chi connectivity index (χ4n) is 3.90. The van der Waals surface area contributed by atoms with Crippen molar-refractivity contribution in [1.29, 1.82) is 0 Å². The minimum Gasteiger partial charge on any atom is -0.496 e. The molecule has 2 aromatic rings. The fourth-order valence-corrected chi connectivity index (χ4v) is 3.90. The molecule has 0 aliphatic heterocycles. The Morgan fingerprint density at radius 3 is 2.18 bits per heavy atom. The first kappa shape index (κ1) is 13.2. The molecular weight excluding hydrogens is 280 g/mol. The summed E-state index contributed by atoms with van der Waals surface area (Å²) in [5.41, 5.74) is 2.61. The lowest BCUT2D eigenvalue weighted by atomic mass is 9.90. The molecule has 4 rings (SSSR count). The summed E-state index contributed by atoms with van der Waals surface area (Å²) in [5.74, 6) is 1.39. The number of rotatable bonds is 3. The Morgan fingerprint density at radius 1 is 1.05 bits per heavy atom. The molecule has 0 heterocycles. The number of hydrogen-bond acceptors (Lipinski definition) is 3. The van der Waals surface area contributed by atoms with Crippen LogP contribution in [0.1, 0.15) is 39.7 Å². The molecule has 2 aliphatic rings. The quantitative estimate of drug-likeness (QED) is 0.878. The van der Waals surface area contributed by atoms with Gasteiger partial charge in [0.05, 0.1) is 19.8 Å². The van der Waals surface area contributed by atoms with Gasteiger partial charge in [-0.25, -0.2) is 4.79 Å². The Hall–Kier alpha value is -2.49. The number of carboxylic acid groups (broad SMARTS) is 1. The number of methoxy groups -OCH3 is 2. The summed E-state index contributed by atoms with van der Waals surface area (Å²) in [5, 5.41) is 11.0. The first-order valence-corrected chi connectivity index (χ1v) is 7.28. The smallest absolute Gasteiger partial charge is 0.335 e. The van der Waals surface area contributed by atoms with Crippen molar-refractivity contribution in [2.45, 2.75) is 18.3 Å². The van der Waals surface area contributed by atoms with Crippen molar-refractivity contribution in [3.8, 4) is 11.5 Å². The zero-order valence-corrected chi connectivity index (χ0v) is 12.4. The molecule has 2 atom stereocenters. The van der Waals surface area contributed by atoms with Gasteiger partial charge in [0, 0.05) is 33.7 Å². The van der Waals surface area contributed by atoms with Gasteiger partial charge in [0.25, 0.3) is 0 Å². The average Bonchev–Trinajstić information content (AvgIpc) is 3.13. The Bertz CT molecular complexity index is 835. The molecule has 22 heavy (non-hydrogen) atoms. The van der Waals surface area contributed by atoms with Gasteiger partial charge in [0.15, 0.2) is 0 Å². The highest BCUT2D eigenvalue weighted by Gasteiger charge is 2.39. The summed E-state index contributed by atoms with van der Waals surface area (Å²) in [6.07, 6.45) is 5.48. The van der Waals surface area contributed by atoms with E-state index in [0.717, 1.165) is 34.3 Å². The van der Waals surface area contributed by atoms with Crippen LogP contribution in [-0.4, -0.2) is 25.3 Å². The minimum atomic E-state index is -0.940. The van der Waals surface area contributed by atoms with Gasteiger partial charge in [-0.05, 0) is 24.6 Å². The van der Waals surface area contributed by atoms with Crippen molar-refractivity contribution in [2.24, 2.45) is 0 Å². The van der Waals surface area contributed by atoms with Crippen molar-refractivity contribution in [1.82, 2.24) is 0 Å². The van der Waals surface area contributed by atoms with Gasteiger partial charge in [0.1, 0.15) is 11.5 Å². The molecule has 0 amide bonds. The molecule has 0 aromatic heterocycles. The van der Waals surface area contributed by atoms with Gasteiger partial charge in [0.2, 0.25) is 0 Å². The second-order valence-electron chi connectivity index (χ2n) is 5.79. The predicted molar refractivity (Wildman–Crippen MR) is 83.3 cm³/mol. The number of allylic oxidation sites excluding steroid dienone is 2. The van der Waals surface area contributed by atoms with E-state index in [9.17, 15) is 9.90 Å². The molecule has 0 saturated heterocycles. The molecular formula is C18H16O4. The summed E-state index contributed by atoms with van der Waals surface area (Å²) in [6, 6.07) is 5.10. The number of ether oxygens (including phenoxy) is 2. The molecule has 0 fully saturated rings. The zero-order chi connectivity index (χ0) is 15.4. The maximum atomic E-state index is 11.3. The fraction of sp³-hybridized carbons (Fsp3) is 0.278. The van der Waals surface area contributed by atoms with E-state index in [1.807, 2.05) is 6.07 Å². The van der Waals surface area contributed by atoms with Crippen LogP contribution in [0.2, 0.25) is 0 Å². The number of aromatic carboxylic acids is 1. The molecule has 1 N–H and O–H groups in total. The van der Waals surface area contributed by atoms with Crippen LogP contribution in [-0.2, 0) is 0 Å². The minimum absolute atomic E-state index is 0.256. The zero-order valence-electron chi connectivity index (χ0n) is 12.4. The SMILES string of the molecule is COc1c2c(c(OC)c3cc(C(=O)O)ccc13)C1C=CC2C1. The number of benzene rings is 2. The third kappa shape index (κ3) is 1.55. The molecule has 0 radical (unpaired) electrons. The van der Waals surface area contributed by atoms with E-state index < -0.39 is 5.97 Å². The van der Waals surface area contributed by atoms with Gasteiger partial charge in [-0.1, -0.05) is 12.2 Å². The van der Waals surface area contributed by atoms with Gasteiger partial charge in [-0.2, -0.15) is 0 Å². The van der Waals surface area contributed by atoms with Crippen LogP contribution < -0.4 is 9.47 Å². The van der Waals surface area contributed by atoms with Crippen molar-refractivity contribution in [2.75, 3.05) is 14.2 Å². The van der Waals surface area contributed by atoms with Crippen LogP contribution in [0.5, 0.6) is 11.5 Å². The van der Waals surface area contributed by atoms with E-state index in [4.69, 9.17) is 9.47 Å². The van der Waals surface area contributed by atoms with E-state index >= 15 is 0 Å². The van der Waals surface area contributed by atoms with Crippen LogP contribution in [0.15, 0.2) is 30.4 Å². The predicted octanol–water partition coefficient (Wildman–Crippen LogP) is 3.70. The number of fused-ring (bicyclic) bond motifs is 6.